The zero-order valence-electron chi connectivity index (χ0n) is 9.32. The fourth-order valence-corrected chi connectivity index (χ4v) is 1.75. The minimum Gasteiger partial charge on any atom is -0.395 e. The lowest BCUT2D eigenvalue weighted by molar-refractivity contribution is 0.0172. The van der Waals surface area contributed by atoms with Crippen LogP contribution in [0.2, 0.25) is 0 Å². The molecule has 0 aromatic rings. The number of rotatable bonds is 7. The largest absolute Gasteiger partial charge is 0.395 e. The van der Waals surface area contributed by atoms with E-state index in [1.807, 2.05) is 6.08 Å². The molecule has 0 radical (unpaired) electrons. The van der Waals surface area contributed by atoms with Crippen LogP contribution in [-0.4, -0.2) is 62.0 Å². The molecule has 4 nitrogen and oxygen atoms in total. The highest BCUT2D eigenvalue weighted by Gasteiger charge is 2.14. The molecule has 88 valence electrons. The van der Waals surface area contributed by atoms with Crippen LogP contribution in [0.25, 0.3) is 0 Å². The lowest BCUT2D eigenvalue weighted by Crippen LogP contribution is -2.40. The first kappa shape index (κ1) is 12.6. The number of aliphatic hydroxyl groups excluding tert-OH is 1. The van der Waals surface area contributed by atoms with Crippen LogP contribution >= 0.6 is 0 Å². The maximum absolute atomic E-state index is 8.88. The van der Waals surface area contributed by atoms with Crippen molar-refractivity contribution in [1.82, 2.24) is 10.2 Å². The molecule has 1 saturated heterocycles. The molecular weight excluding hydrogens is 192 g/mol. The topological polar surface area (TPSA) is 44.7 Å². The van der Waals surface area contributed by atoms with Crippen molar-refractivity contribution in [2.75, 3.05) is 45.9 Å². The summed E-state index contributed by atoms with van der Waals surface area (Å²) in [5, 5.41) is 12.2. The van der Waals surface area contributed by atoms with Gasteiger partial charge in [0.1, 0.15) is 0 Å². The second kappa shape index (κ2) is 7.82. The molecule has 0 aromatic heterocycles. The maximum Gasteiger partial charge on any atom is 0.0712 e. The molecule has 0 amide bonds. The van der Waals surface area contributed by atoms with Gasteiger partial charge in [-0.25, -0.2) is 0 Å². The summed E-state index contributed by atoms with van der Waals surface area (Å²) in [6, 6.07) is 0. The summed E-state index contributed by atoms with van der Waals surface area (Å²) in [6.07, 6.45) is 3.21. The predicted octanol–water partition coefficient (Wildman–Crippen LogP) is -0.155. The van der Waals surface area contributed by atoms with Crippen molar-refractivity contribution in [3.05, 3.63) is 12.7 Å². The molecule has 2 N–H and O–H groups in total. The van der Waals surface area contributed by atoms with Gasteiger partial charge in [-0.05, 0) is 6.42 Å². The van der Waals surface area contributed by atoms with Crippen LogP contribution in [-0.2, 0) is 4.74 Å². The van der Waals surface area contributed by atoms with E-state index in [1.165, 1.54) is 0 Å². The standard InChI is InChI=1S/C11H22N2O2/c1-2-5-13(7-8-14)6-3-11-10-12-4-9-15-11/h2,11-12,14H,1,3-10H2. The van der Waals surface area contributed by atoms with E-state index >= 15 is 0 Å². The molecule has 0 aliphatic carbocycles. The van der Waals surface area contributed by atoms with E-state index in [0.29, 0.717) is 12.6 Å². The van der Waals surface area contributed by atoms with Crippen molar-refractivity contribution >= 4 is 0 Å². The van der Waals surface area contributed by atoms with E-state index in [-0.39, 0.29) is 6.61 Å². The van der Waals surface area contributed by atoms with Crippen molar-refractivity contribution < 1.29 is 9.84 Å². The van der Waals surface area contributed by atoms with Gasteiger partial charge < -0.3 is 15.2 Å². The van der Waals surface area contributed by atoms with Crippen molar-refractivity contribution in [2.45, 2.75) is 12.5 Å². The second-order valence-electron chi connectivity index (χ2n) is 3.80. The normalized spacial score (nSPS) is 21.9. The summed E-state index contributed by atoms with van der Waals surface area (Å²) < 4.78 is 5.61. The van der Waals surface area contributed by atoms with Gasteiger partial charge in [0.05, 0.1) is 19.3 Å². The Morgan fingerprint density at radius 1 is 1.53 bits per heavy atom. The Kier molecular flexibility index (Phi) is 6.59. The smallest absolute Gasteiger partial charge is 0.0712 e. The second-order valence-corrected chi connectivity index (χ2v) is 3.80. The van der Waals surface area contributed by atoms with Crippen molar-refractivity contribution in [3.8, 4) is 0 Å². The average Bonchev–Trinajstić information content (AvgIpc) is 2.28. The van der Waals surface area contributed by atoms with Crippen LogP contribution in [0.3, 0.4) is 0 Å². The van der Waals surface area contributed by atoms with Crippen LogP contribution in [0.1, 0.15) is 6.42 Å². The van der Waals surface area contributed by atoms with Crippen molar-refractivity contribution in [3.63, 3.8) is 0 Å². The molecule has 15 heavy (non-hydrogen) atoms. The summed E-state index contributed by atoms with van der Waals surface area (Å²) in [4.78, 5) is 2.19. The van der Waals surface area contributed by atoms with E-state index in [2.05, 4.69) is 16.8 Å². The van der Waals surface area contributed by atoms with E-state index in [4.69, 9.17) is 9.84 Å². The third kappa shape index (κ3) is 5.28. The molecule has 1 unspecified atom stereocenters. The summed E-state index contributed by atoms with van der Waals surface area (Å²) in [5.41, 5.74) is 0. The monoisotopic (exact) mass is 214 g/mol. The number of ether oxygens (including phenoxy) is 1. The number of hydrogen-bond acceptors (Lipinski definition) is 4. The van der Waals surface area contributed by atoms with Gasteiger partial charge in [-0.1, -0.05) is 6.08 Å². The summed E-state index contributed by atoms with van der Waals surface area (Å²) in [6.45, 7) is 9.14. The first-order valence-corrected chi connectivity index (χ1v) is 5.63. The number of nitrogens with zero attached hydrogens (tertiary/aromatic N) is 1. The number of nitrogens with one attached hydrogen (secondary N) is 1. The molecule has 1 aliphatic heterocycles. The zero-order chi connectivity index (χ0) is 10.9. The lowest BCUT2D eigenvalue weighted by Gasteiger charge is -2.26. The Labute approximate surface area is 91.9 Å². The van der Waals surface area contributed by atoms with Crippen LogP contribution in [0.15, 0.2) is 12.7 Å². The Balaban J connectivity index is 2.16. The highest BCUT2D eigenvalue weighted by atomic mass is 16.5. The Bertz CT molecular complexity index is 170. The molecular formula is C11H22N2O2. The van der Waals surface area contributed by atoms with Crippen LogP contribution < -0.4 is 5.32 Å². The maximum atomic E-state index is 8.88. The first-order valence-electron chi connectivity index (χ1n) is 5.63. The van der Waals surface area contributed by atoms with E-state index in [1.54, 1.807) is 0 Å². The summed E-state index contributed by atoms with van der Waals surface area (Å²) in [7, 11) is 0. The van der Waals surface area contributed by atoms with Gasteiger partial charge in [-0.2, -0.15) is 0 Å². The van der Waals surface area contributed by atoms with Gasteiger partial charge in [-0.3, -0.25) is 4.90 Å². The molecule has 1 fully saturated rings. The third-order valence-electron chi connectivity index (χ3n) is 2.58. The van der Waals surface area contributed by atoms with Crippen LogP contribution in [0.4, 0.5) is 0 Å². The van der Waals surface area contributed by atoms with E-state index < -0.39 is 0 Å². The quantitative estimate of drug-likeness (QED) is 0.578. The van der Waals surface area contributed by atoms with Gasteiger partial charge >= 0.3 is 0 Å². The molecule has 1 atom stereocenters. The molecule has 0 spiro atoms. The fourth-order valence-electron chi connectivity index (χ4n) is 1.75. The Morgan fingerprint density at radius 2 is 2.40 bits per heavy atom. The Hall–Kier alpha value is -0.420. The van der Waals surface area contributed by atoms with E-state index in [0.717, 1.165) is 39.2 Å². The van der Waals surface area contributed by atoms with Gasteiger partial charge in [0.2, 0.25) is 0 Å². The van der Waals surface area contributed by atoms with Gasteiger partial charge in [0.25, 0.3) is 0 Å². The molecule has 1 rings (SSSR count). The van der Waals surface area contributed by atoms with Crippen molar-refractivity contribution in [2.24, 2.45) is 0 Å². The van der Waals surface area contributed by atoms with Crippen LogP contribution in [0, 0.1) is 0 Å². The minimum atomic E-state index is 0.206. The number of aliphatic hydroxyl groups is 1. The molecule has 4 heteroatoms. The number of morpholine rings is 1. The van der Waals surface area contributed by atoms with Crippen molar-refractivity contribution in [1.29, 1.82) is 0 Å². The number of hydrogen-bond donors (Lipinski definition) is 2. The zero-order valence-corrected chi connectivity index (χ0v) is 9.32. The molecule has 1 aliphatic rings. The molecule has 0 saturated carbocycles. The summed E-state index contributed by atoms with van der Waals surface area (Å²) >= 11 is 0. The van der Waals surface area contributed by atoms with Gasteiger partial charge in [-0.15, -0.1) is 6.58 Å². The fraction of sp³-hybridized carbons (Fsp3) is 0.818. The lowest BCUT2D eigenvalue weighted by atomic mass is 10.2. The highest BCUT2D eigenvalue weighted by Crippen LogP contribution is 2.03. The molecule has 0 bridgehead atoms. The molecule has 1 heterocycles. The van der Waals surface area contributed by atoms with E-state index in [9.17, 15) is 0 Å². The highest BCUT2D eigenvalue weighted by molar-refractivity contribution is 4.75. The van der Waals surface area contributed by atoms with Gasteiger partial charge in [0.15, 0.2) is 0 Å². The minimum absolute atomic E-state index is 0.206. The first-order chi connectivity index (χ1) is 7.36. The average molecular weight is 214 g/mol. The molecule has 0 aromatic carbocycles. The van der Waals surface area contributed by atoms with Gasteiger partial charge in [0, 0.05) is 32.7 Å². The SMILES string of the molecule is C=CCN(CCO)CCC1CNCCO1. The summed E-state index contributed by atoms with van der Waals surface area (Å²) in [5.74, 6) is 0. The van der Waals surface area contributed by atoms with Crippen LogP contribution in [0.5, 0.6) is 0 Å². The predicted molar refractivity (Wildman–Crippen MR) is 60.9 cm³/mol. The Morgan fingerprint density at radius 3 is 3.00 bits per heavy atom. The third-order valence-corrected chi connectivity index (χ3v) is 2.58.